The van der Waals surface area contributed by atoms with Crippen molar-refractivity contribution in [2.45, 2.75) is 71.9 Å². The molecule has 27 heavy (non-hydrogen) atoms. The van der Waals surface area contributed by atoms with E-state index in [0.29, 0.717) is 13.0 Å². The van der Waals surface area contributed by atoms with Gasteiger partial charge in [0.15, 0.2) is 0 Å². The van der Waals surface area contributed by atoms with Crippen molar-refractivity contribution in [3.05, 3.63) is 48.6 Å². The lowest BCUT2D eigenvalue weighted by atomic mass is 10.1. The van der Waals surface area contributed by atoms with Crippen molar-refractivity contribution in [2.24, 2.45) is 5.92 Å². The van der Waals surface area contributed by atoms with E-state index in [-0.39, 0.29) is 12.5 Å². The van der Waals surface area contributed by atoms with Crippen LogP contribution in [0.25, 0.3) is 0 Å². The first-order valence-corrected chi connectivity index (χ1v) is 9.31. The molecule has 0 radical (unpaired) electrons. The predicted octanol–water partition coefficient (Wildman–Crippen LogP) is 4.45. The second-order valence-corrected chi connectivity index (χ2v) is 7.69. The molecule has 3 atom stereocenters. The number of rotatable bonds is 10. The number of hydrogen-bond donors (Lipinski definition) is 0. The molecule has 0 saturated carbocycles. The Morgan fingerprint density at radius 2 is 1.78 bits per heavy atom. The van der Waals surface area contributed by atoms with Crippen LogP contribution in [-0.4, -0.2) is 29.7 Å². The third-order valence-corrected chi connectivity index (χ3v) is 3.83. The Morgan fingerprint density at radius 1 is 1.15 bits per heavy atom. The quantitative estimate of drug-likeness (QED) is 0.446. The van der Waals surface area contributed by atoms with Crippen molar-refractivity contribution in [1.82, 2.24) is 0 Å². The number of ether oxygens (including phenoxy) is 3. The van der Waals surface area contributed by atoms with Crippen LogP contribution in [0.4, 0.5) is 0 Å². The normalized spacial score (nSPS) is 14.7. The van der Waals surface area contributed by atoms with Gasteiger partial charge in [-0.3, -0.25) is 9.59 Å². The van der Waals surface area contributed by atoms with Crippen molar-refractivity contribution >= 4 is 11.9 Å². The van der Waals surface area contributed by atoms with Crippen molar-refractivity contribution in [1.29, 1.82) is 0 Å². The zero-order valence-electron chi connectivity index (χ0n) is 17.1. The molecular formula is C22H32O5. The van der Waals surface area contributed by atoms with Crippen LogP contribution in [0.1, 0.15) is 53.0 Å². The molecule has 0 aromatic heterocycles. The minimum absolute atomic E-state index is 0.0141. The Bertz CT molecular complexity index is 603. The molecule has 0 heterocycles. The highest BCUT2D eigenvalue weighted by Gasteiger charge is 2.27. The van der Waals surface area contributed by atoms with Gasteiger partial charge in [0.2, 0.25) is 0 Å². The number of hydrogen-bond acceptors (Lipinski definition) is 5. The van der Waals surface area contributed by atoms with E-state index < -0.39 is 29.6 Å². The topological polar surface area (TPSA) is 61.8 Å². The van der Waals surface area contributed by atoms with Gasteiger partial charge in [-0.2, -0.15) is 0 Å². The molecule has 0 N–H and O–H groups in total. The van der Waals surface area contributed by atoms with Crippen molar-refractivity contribution in [3.63, 3.8) is 0 Å². The number of benzene rings is 1. The molecule has 1 aromatic rings. The van der Waals surface area contributed by atoms with E-state index in [0.717, 1.165) is 5.56 Å². The minimum Gasteiger partial charge on any atom is -0.460 e. The lowest BCUT2D eigenvalue weighted by molar-refractivity contribution is -0.167. The maximum absolute atomic E-state index is 12.3. The standard InChI is InChI=1S/C22H32O5/c1-7-11-19(25-15-18-12-9-8-10-13-18)17(3)26-21(24)16(2)14-20(23)27-22(4,5)6/h7-10,12-13,16-17,19H,1,11,14-15H2,2-6H3/t16-,17+,19-/m1/s1. The monoisotopic (exact) mass is 376 g/mol. The van der Waals surface area contributed by atoms with E-state index in [2.05, 4.69) is 6.58 Å². The smallest absolute Gasteiger partial charge is 0.309 e. The Kier molecular flexibility index (Phi) is 9.22. The largest absolute Gasteiger partial charge is 0.460 e. The minimum atomic E-state index is -0.583. The van der Waals surface area contributed by atoms with Gasteiger partial charge in [-0.05, 0) is 39.7 Å². The van der Waals surface area contributed by atoms with Gasteiger partial charge in [0.05, 0.1) is 25.0 Å². The summed E-state index contributed by atoms with van der Waals surface area (Å²) in [7, 11) is 0. The van der Waals surface area contributed by atoms with Gasteiger partial charge >= 0.3 is 11.9 Å². The Labute approximate surface area is 162 Å². The molecule has 0 spiro atoms. The maximum Gasteiger partial charge on any atom is 0.309 e. The third-order valence-electron chi connectivity index (χ3n) is 3.83. The summed E-state index contributed by atoms with van der Waals surface area (Å²) in [6.45, 7) is 13.0. The molecule has 1 rings (SSSR count). The molecule has 5 heteroatoms. The van der Waals surface area contributed by atoms with Gasteiger partial charge in [-0.15, -0.1) is 6.58 Å². The van der Waals surface area contributed by atoms with Crippen LogP contribution in [0.5, 0.6) is 0 Å². The summed E-state index contributed by atoms with van der Waals surface area (Å²) < 4.78 is 16.7. The highest BCUT2D eigenvalue weighted by atomic mass is 16.6. The molecule has 0 fully saturated rings. The first-order valence-electron chi connectivity index (χ1n) is 9.31. The zero-order valence-corrected chi connectivity index (χ0v) is 17.1. The summed E-state index contributed by atoms with van der Waals surface area (Å²) in [5, 5.41) is 0. The Balaban J connectivity index is 2.55. The average molecular weight is 376 g/mol. The van der Waals surface area contributed by atoms with Crippen molar-refractivity contribution < 1.29 is 23.8 Å². The molecule has 0 unspecified atom stereocenters. The van der Waals surface area contributed by atoms with E-state index in [1.165, 1.54) is 0 Å². The van der Waals surface area contributed by atoms with Crippen LogP contribution >= 0.6 is 0 Å². The van der Waals surface area contributed by atoms with Gasteiger partial charge in [-0.25, -0.2) is 0 Å². The van der Waals surface area contributed by atoms with Gasteiger partial charge < -0.3 is 14.2 Å². The summed E-state index contributed by atoms with van der Waals surface area (Å²) in [6.07, 6.45) is 1.52. The number of carbonyl (C=O) groups excluding carboxylic acids is 2. The summed E-state index contributed by atoms with van der Waals surface area (Å²) in [5.74, 6) is -1.44. The molecule has 1 aromatic carbocycles. The van der Waals surface area contributed by atoms with E-state index in [4.69, 9.17) is 14.2 Å². The third kappa shape index (κ3) is 9.38. The zero-order chi connectivity index (χ0) is 20.4. The highest BCUT2D eigenvalue weighted by Crippen LogP contribution is 2.17. The molecule has 0 aliphatic heterocycles. The summed E-state index contributed by atoms with van der Waals surface area (Å²) in [5.41, 5.74) is 0.470. The fourth-order valence-electron chi connectivity index (χ4n) is 2.43. The SMILES string of the molecule is C=CC[C@@H](OCc1ccccc1)[C@H](C)OC(=O)[C@H](C)CC(=O)OC(C)(C)C. The lowest BCUT2D eigenvalue weighted by Crippen LogP contribution is -2.33. The van der Waals surface area contributed by atoms with Crippen molar-refractivity contribution in [3.8, 4) is 0 Å². The molecule has 5 nitrogen and oxygen atoms in total. The second kappa shape index (κ2) is 10.9. The first kappa shape index (κ1) is 22.9. The molecule has 0 bridgehead atoms. The van der Waals surface area contributed by atoms with E-state index in [9.17, 15) is 9.59 Å². The van der Waals surface area contributed by atoms with E-state index in [1.807, 2.05) is 30.3 Å². The Hall–Kier alpha value is -2.14. The van der Waals surface area contributed by atoms with Gasteiger partial charge in [0.1, 0.15) is 11.7 Å². The Morgan fingerprint density at radius 3 is 2.33 bits per heavy atom. The molecule has 0 saturated heterocycles. The maximum atomic E-state index is 12.3. The van der Waals surface area contributed by atoms with Crippen molar-refractivity contribution in [2.75, 3.05) is 0 Å². The van der Waals surface area contributed by atoms with Crippen LogP contribution in [0.15, 0.2) is 43.0 Å². The van der Waals surface area contributed by atoms with Crippen LogP contribution in [0, 0.1) is 5.92 Å². The van der Waals surface area contributed by atoms with Crippen LogP contribution in [0.2, 0.25) is 0 Å². The van der Waals surface area contributed by atoms with E-state index >= 15 is 0 Å². The second-order valence-electron chi connectivity index (χ2n) is 7.69. The fourth-order valence-corrected chi connectivity index (χ4v) is 2.43. The van der Waals surface area contributed by atoms with Crippen LogP contribution in [0.3, 0.4) is 0 Å². The first-order chi connectivity index (χ1) is 12.6. The lowest BCUT2D eigenvalue weighted by Gasteiger charge is -2.25. The van der Waals surface area contributed by atoms with Crippen LogP contribution < -0.4 is 0 Å². The molecule has 0 aliphatic rings. The molecule has 150 valence electrons. The number of esters is 2. The molecular weight excluding hydrogens is 344 g/mol. The fraction of sp³-hybridized carbons (Fsp3) is 0.545. The molecule has 0 aliphatic carbocycles. The molecule has 0 amide bonds. The average Bonchev–Trinajstić information content (AvgIpc) is 2.57. The van der Waals surface area contributed by atoms with Gasteiger partial charge in [0, 0.05) is 0 Å². The van der Waals surface area contributed by atoms with Gasteiger partial charge in [-0.1, -0.05) is 43.3 Å². The van der Waals surface area contributed by atoms with Crippen LogP contribution in [-0.2, 0) is 30.4 Å². The summed E-state index contributed by atoms with van der Waals surface area (Å²) >= 11 is 0. The highest BCUT2D eigenvalue weighted by molar-refractivity contribution is 5.79. The summed E-state index contributed by atoms with van der Waals surface area (Å²) in [6, 6.07) is 9.79. The van der Waals surface area contributed by atoms with Gasteiger partial charge in [0.25, 0.3) is 0 Å². The summed E-state index contributed by atoms with van der Waals surface area (Å²) in [4.78, 5) is 24.2. The van der Waals surface area contributed by atoms with E-state index in [1.54, 1.807) is 40.7 Å². The number of carbonyl (C=O) groups is 2. The predicted molar refractivity (Wildman–Crippen MR) is 105 cm³/mol.